The quantitative estimate of drug-likeness (QED) is 0.821. The highest BCUT2D eigenvalue weighted by Gasteiger charge is 2.13. The van der Waals surface area contributed by atoms with Crippen LogP contribution in [0.4, 0.5) is 5.82 Å². The molecule has 0 saturated carbocycles. The molecule has 1 aromatic rings. The lowest BCUT2D eigenvalue weighted by Crippen LogP contribution is -2.19. The van der Waals surface area contributed by atoms with E-state index < -0.39 is 5.97 Å². The van der Waals surface area contributed by atoms with E-state index in [0.717, 1.165) is 11.3 Å². The van der Waals surface area contributed by atoms with E-state index in [1.165, 1.54) is 0 Å². The van der Waals surface area contributed by atoms with E-state index in [4.69, 9.17) is 10.4 Å². The monoisotopic (exact) mass is 248 g/mol. The van der Waals surface area contributed by atoms with Crippen LogP contribution in [0.5, 0.6) is 0 Å². The minimum absolute atomic E-state index is 0.0777. The summed E-state index contributed by atoms with van der Waals surface area (Å²) in [5.74, 6) is -0.422. The Morgan fingerprint density at radius 2 is 2.17 bits per heavy atom. The second-order valence-corrected chi connectivity index (χ2v) is 4.22. The molecule has 0 aliphatic heterocycles. The molecule has 6 heteroatoms. The van der Waals surface area contributed by atoms with Crippen LogP contribution in [0.3, 0.4) is 0 Å². The first-order valence-electron chi connectivity index (χ1n) is 5.68. The number of nitriles is 1. The molecule has 1 rings (SSSR count). The van der Waals surface area contributed by atoms with Crippen LogP contribution < -0.4 is 5.32 Å². The SMILES string of the molecule is Cc1nnc(NC(C)CCC(=O)O)c(C#N)c1C. The predicted octanol–water partition coefficient (Wildman–Crippen LogP) is 1.63. The van der Waals surface area contributed by atoms with Crippen LogP contribution in [0.25, 0.3) is 0 Å². The van der Waals surface area contributed by atoms with Crippen LogP contribution in [0.2, 0.25) is 0 Å². The number of anilines is 1. The van der Waals surface area contributed by atoms with Gasteiger partial charge in [0.2, 0.25) is 0 Å². The Hall–Kier alpha value is -2.16. The van der Waals surface area contributed by atoms with Gasteiger partial charge in [0.1, 0.15) is 11.6 Å². The lowest BCUT2D eigenvalue weighted by atomic mass is 10.1. The van der Waals surface area contributed by atoms with Crippen molar-refractivity contribution in [3.63, 3.8) is 0 Å². The zero-order valence-electron chi connectivity index (χ0n) is 10.7. The normalized spacial score (nSPS) is 11.7. The predicted molar refractivity (Wildman–Crippen MR) is 66.2 cm³/mol. The average Bonchev–Trinajstić information content (AvgIpc) is 2.32. The van der Waals surface area contributed by atoms with E-state index in [2.05, 4.69) is 21.6 Å². The molecule has 0 saturated heterocycles. The summed E-state index contributed by atoms with van der Waals surface area (Å²) in [6.45, 7) is 5.46. The topological polar surface area (TPSA) is 98.9 Å². The van der Waals surface area contributed by atoms with Crippen molar-refractivity contribution in [1.29, 1.82) is 5.26 Å². The number of carboxylic acid groups (broad SMARTS) is 1. The van der Waals surface area contributed by atoms with Crippen LogP contribution in [0.15, 0.2) is 0 Å². The summed E-state index contributed by atoms with van der Waals surface area (Å²) in [7, 11) is 0. The zero-order chi connectivity index (χ0) is 13.7. The number of nitrogens with zero attached hydrogens (tertiary/aromatic N) is 3. The molecule has 0 spiro atoms. The highest BCUT2D eigenvalue weighted by molar-refractivity contribution is 5.66. The van der Waals surface area contributed by atoms with Crippen LogP contribution >= 0.6 is 0 Å². The number of carboxylic acids is 1. The lowest BCUT2D eigenvalue weighted by Gasteiger charge is -2.15. The first kappa shape index (κ1) is 13.9. The third kappa shape index (κ3) is 3.42. The van der Waals surface area contributed by atoms with Gasteiger partial charge in [-0.05, 0) is 32.8 Å². The van der Waals surface area contributed by atoms with Gasteiger partial charge in [0.15, 0.2) is 5.82 Å². The maximum absolute atomic E-state index is 10.5. The molecule has 18 heavy (non-hydrogen) atoms. The van der Waals surface area contributed by atoms with Crippen LogP contribution in [0.1, 0.15) is 36.6 Å². The molecule has 96 valence electrons. The van der Waals surface area contributed by atoms with E-state index in [1.807, 2.05) is 13.8 Å². The molecule has 0 radical (unpaired) electrons. The van der Waals surface area contributed by atoms with Crippen molar-refractivity contribution in [2.75, 3.05) is 5.32 Å². The number of nitrogens with one attached hydrogen (secondary N) is 1. The second-order valence-electron chi connectivity index (χ2n) is 4.22. The Morgan fingerprint density at radius 3 is 2.72 bits per heavy atom. The highest BCUT2D eigenvalue weighted by Crippen LogP contribution is 2.18. The Balaban J connectivity index is 2.82. The molecule has 0 amide bonds. The van der Waals surface area contributed by atoms with Crippen molar-refractivity contribution in [2.24, 2.45) is 0 Å². The fourth-order valence-corrected chi connectivity index (χ4v) is 1.49. The number of aliphatic carboxylic acids is 1. The summed E-state index contributed by atoms with van der Waals surface area (Å²) in [6.07, 6.45) is 0.545. The van der Waals surface area contributed by atoms with Crippen molar-refractivity contribution >= 4 is 11.8 Å². The molecule has 1 atom stereocenters. The van der Waals surface area contributed by atoms with Crippen molar-refractivity contribution in [3.05, 3.63) is 16.8 Å². The van der Waals surface area contributed by atoms with Gasteiger partial charge in [-0.25, -0.2) is 0 Å². The minimum Gasteiger partial charge on any atom is -0.481 e. The molecule has 0 aliphatic rings. The van der Waals surface area contributed by atoms with Gasteiger partial charge in [-0.1, -0.05) is 0 Å². The number of hydrogen-bond donors (Lipinski definition) is 2. The summed E-state index contributed by atoms with van der Waals surface area (Å²) in [5.41, 5.74) is 1.97. The first-order chi connectivity index (χ1) is 8.45. The summed E-state index contributed by atoms with van der Waals surface area (Å²) < 4.78 is 0. The van der Waals surface area contributed by atoms with E-state index in [9.17, 15) is 4.79 Å². The van der Waals surface area contributed by atoms with Gasteiger partial charge in [0.05, 0.1) is 5.69 Å². The zero-order valence-corrected chi connectivity index (χ0v) is 10.7. The standard InChI is InChI=1S/C12H16N4O2/c1-7(4-5-11(17)18)14-12-10(6-13)8(2)9(3)15-16-12/h7H,4-5H2,1-3H3,(H,14,16)(H,17,18). The Bertz CT molecular complexity index is 494. The van der Waals surface area contributed by atoms with Gasteiger partial charge in [-0.15, -0.1) is 5.10 Å². The molecule has 0 fully saturated rings. The molecule has 0 aromatic carbocycles. The Morgan fingerprint density at radius 1 is 1.50 bits per heavy atom. The fraction of sp³-hybridized carbons (Fsp3) is 0.500. The van der Waals surface area contributed by atoms with Gasteiger partial charge < -0.3 is 10.4 Å². The van der Waals surface area contributed by atoms with Gasteiger partial charge in [0.25, 0.3) is 0 Å². The molecule has 1 unspecified atom stereocenters. The van der Waals surface area contributed by atoms with Crippen LogP contribution in [-0.2, 0) is 4.79 Å². The van der Waals surface area contributed by atoms with Gasteiger partial charge in [-0.2, -0.15) is 10.4 Å². The maximum Gasteiger partial charge on any atom is 0.303 e. The van der Waals surface area contributed by atoms with Crippen LogP contribution in [-0.4, -0.2) is 27.3 Å². The smallest absolute Gasteiger partial charge is 0.303 e. The number of rotatable bonds is 5. The third-order valence-corrected chi connectivity index (χ3v) is 2.74. The van der Waals surface area contributed by atoms with Crippen molar-refractivity contribution in [3.8, 4) is 6.07 Å². The number of carbonyl (C=O) groups is 1. The van der Waals surface area contributed by atoms with E-state index >= 15 is 0 Å². The van der Waals surface area contributed by atoms with E-state index in [1.54, 1.807) is 6.92 Å². The highest BCUT2D eigenvalue weighted by atomic mass is 16.4. The summed E-state index contributed by atoms with van der Waals surface area (Å²) in [4.78, 5) is 10.5. The molecular weight excluding hydrogens is 232 g/mol. The molecule has 0 aliphatic carbocycles. The van der Waals surface area contributed by atoms with Crippen molar-refractivity contribution in [1.82, 2.24) is 10.2 Å². The summed E-state index contributed by atoms with van der Waals surface area (Å²) >= 11 is 0. The number of aromatic nitrogens is 2. The van der Waals surface area contributed by atoms with E-state index in [-0.39, 0.29) is 12.5 Å². The van der Waals surface area contributed by atoms with Gasteiger partial charge in [0, 0.05) is 12.5 Å². The molecular formula is C12H16N4O2. The van der Waals surface area contributed by atoms with Crippen molar-refractivity contribution in [2.45, 2.75) is 39.7 Å². The van der Waals surface area contributed by atoms with Gasteiger partial charge in [-0.3, -0.25) is 4.79 Å². The number of hydrogen-bond acceptors (Lipinski definition) is 5. The lowest BCUT2D eigenvalue weighted by molar-refractivity contribution is -0.137. The largest absolute Gasteiger partial charge is 0.481 e. The maximum atomic E-state index is 10.5. The van der Waals surface area contributed by atoms with Gasteiger partial charge >= 0.3 is 5.97 Å². The summed E-state index contributed by atoms with van der Waals surface area (Å²) in [6, 6.07) is 2.01. The minimum atomic E-state index is -0.838. The van der Waals surface area contributed by atoms with Crippen molar-refractivity contribution < 1.29 is 9.90 Å². The summed E-state index contributed by atoms with van der Waals surface area (Å²) in [5, 5.41) is 28.6. The molecule has 1 aromatic heterocycles. The molecule has 1 heterocycles. The first-order valence-corrected chi connectivity index (χ1v) is 5.68. The average molecular weight is 248 g/mol. The Kier molecular flexibility index (Phi) is 4.60. The van der Waals surface area contributed by atoms with Crippen LogP contribution in [0, 0.1) is 25.2 Å². The Labute approximate surface area is 106 Å². The fourth-order valence-electron chi connectivity index (χ4n) is 1.49. The third-order valence-electron chi connectivity index (χ3n) is 2.74. The second kappa shape index (κ2) is 5.96. The molecule has 2 N–H and O–H groups in total. The van der Waals surface area contributed by atoms with E-state index in [0.29, 0.717) is 17.8 Å². The molecule has 6 nitrogen and oxygen atoms in total. The number of aryl methyl sites for hydroxylation is 1. The molecule has 0 bridgehead atoms.